The number of anilines is 2. The van der Waals surface area contributed by atoms with E-state index in [0.29, 0.717) is 18.8 Å². The molecule has 1 amide bonds. The Labute approximate surface area is 142 Å². The largest absolute Gasteiger partial charge is 0.405 e. The Bertz CT molecular complexity index is 771. The number of nitrogens with zero attached hydrogens (tertiary/aromatic N) is 2. The number of fused-ring (bicyclic) bond motifs is 1. The monoisotopic (exact) mass is 353 g/mol. The fraction of sp³-hybridized carbons (Fsp3) is 0.375. The molecule has 3 rings (SSSR count). The summed E-state index contributed by atoms with van der Waals surface area (Å²) in [6.45, 7) is 2.21. The van der Waals surface area contributed by atoms with Crippen molar-refractivity contribution in [1.82, 2.24) is 15.1 Å². The standard InChI is InChI=1S/C16H18F3N5O/c1-10-8-24-13(7-20-10)6-14(23-24)15(25)22-12-4-2-3-11(5-12)21-9-16(17,18)19/h2-6,10,20-21H,7-9H2,1H3,(H,22,25). The van der Waals surface area contributed by atoms with E-state index in [1.807, 2.05) is 6.92 Å². The summed E-state index contributed by atoms with van der Waals surface area (Å²) in [7, 11) is 0. The maximum atomic E-state index is 12.3. The van der Waals surface area contributed by atoms with Gasteiger partial charge in [-0.05, 0) is 31.2 Å². The molecule has 0 spiro atoms. The minimum absolute atomic E-state index is 0.275. The van der Waals surface area contributed by atoms with Gasteiger partial charge in [0.25, 0.3) is 5.91 Å². The van der Waals surface area contributed by atoms with E-state index >= 15 is 0 Å². The van der Waals surface area contributed by atoms with Crippen molar-refractivity contribution in [3.8, 4) is 0 Å². The van der Waals surface area contributed by atoms with Gasteiger partial charge in [-0.25, -0.2) is 0 Å². The molecule has 0 aliphatic carbocycles. The predicted octanol–water partition coefficient (Wildman–Crippen LogP) is 2.60. The van der Waals surface area contributed by atoms with Crippen LogP contribution in [0.3, 0.4) is 0 Å². The Kier molecular flexibility index (Phi) is 4.67. The van der Waals surface area contributed by atoms with Crippen molar-refractivity contribution < 1.29 is 18.0 Å². The predicted molar refractivity (Wildman–Crippen MR) is 87.5 cm³/mol. The number of alkyl halides is 3. The number of rotatable bonds is 4. The van der Waals surface area contributed by atoms with Crippen molar-refractivity contribution in [3.05, 3.63) is 41.7 Å². The third kappa shape index (κ3) is 4.50. The first-order valence-corrected chi connectivity index (χ1v) is 7.82. The van der Waals surface area contributed by atoms with Gasteiger partial charge in [-0.2, -0.15) is 18.3 Å². The van der Waals surface area contributed by atoms with E-state index in [0.717, 1.165) is 5.69 Å². The Morgan fingerprint density at radius 2 is 2.12 bits per heavy atom. The molecule has 0 radical (unpaired) electrons. The number of benzene rings is 1. The molecule has 3 N–H and O–H groups in total. The molecule has 1 atom stereocenters. The van der Waals surface area contributed by atoms with Crippen LogP contribution in [0, 0.1) is 0 Å². The lowest BCUT2D eigenvalue weighted by molar-refractivity contribution is -0.115. The minimum atomic E-state index is -4.31. The van der Waals surface area contributed by atoms with Crippen LogP contribution in [0.5, 0.6) is 0 Å². The first-order chi connectivity index (χ1) is 11.8. The van der Waals surface area contributed by atoms with Gasteiger partial charge in [0.15, 0.2) is 5.69 Å². The molecule has 2 heterocycles. The van der Waals surface area contributed by atoms with E-state index in [4.69, 9.17) is 0 Å². The molecule has 0 bridgehead atoms. The molecule has 9 heteroatoms. The molecule has 1 aromatic heterocycles. The van der Waals surface area contributed by atoms with E-state index in [-0.39, 0.29) is 17.4 Å². The summed E-state index contributed by atoms with van der Waals surface area (Å²) in [6, 6.07) is 8.11. The van der Waals surface area contributed by atoms with Gasteiger partial charge in [0.05, 0.1) is 12.2 Å². The van der Waals surface area contributed by atoms with Crippen molar-refractivity contribution in [2.24, 2.45) is 0 Å². The van der Waals surface area contributed by atoms with Crippen LogP contribution in [-0.2, 0) is 13.1 Å². The maximum Gasteiger partial charge on any atom is 0.405 e. The number of hydrogen-bond acceptors (Lipinski definition) is 4. The quantitative estimate of drug-likeness (QED) is 0.790. The molecule has 25 heavy (non-hydrogen) atoms. The van der Waals surface area contributed by atoms with Gasteiger partial charge < -0.3 is 16.0 Å². The molecule has 0 saturated heterocycles. The van der Waals surface area contributed by atoms with Crippen molar-refractivity contribution >= 4 is 17.3 Å². The zero-order valence-electron chi connectivity index (χ0n) is 13.5. The third-order valence-corrected chi connectivity index (χ3v) is 3.79. The van der Waals surface area contributed by atoms with Crippen LogP contribution in [0.1, 0.15) is 23.1 Å². The van der Waals surface area contributed by atoms with E-state index in [9.17, 15) is 18.0 Å². The maximum absolute atomic E-state index is 12.3. The number of halogens is 3. The van der Waals surface area contributed by atoms with Crippen LogP contribution >= 0.6 is 0 Å². The Morgan fingerprint density at radius 1 is 1.36 bits per heavy atom. The zero-order valence-corrected chi connectivity index (χ0v) is 13.5. The van der Waals surface area contributed by atoms with Crippen molar-refractivity contribution in [2.45, 2.75) is 32.2 Å². The second-order valence-electron chi connectivity index (χ2n) is 5.99. The molecule has 1 aliphatic rings. The first-order valence-electron chi connectivity index (χ1n) is 7.82. The molecule has 0 saturated carbocycles. The molecule has 2 aromatic rings. The first kappa shape index (κ1) is 17.3. The average molecular weight is 353 g/mol. The SMILES string of the molecule is CC1Cn2nc(C(=O)Nc3cccc(NCC(F)(F)F)c3)cc2CN1. The Hall–Kier alpha value is -2.55. The summed E-state index contributed by atoms with van der Waals surface area (Å²) in [5.41, 5.74) is 1.87. The fourth-order valence-corrected chi connectivity index (χ4v) is 2.57. The molecule has 6 nitrogen and oxygen atoms in total. The molecule has 1 aromatic carbocycles. The average Bonchev–Trinajstić information content (AvgIpc) is 2.96. The number of amides is 1. The van der Waals surface area contributed by atoms with Gasteiger partial charge in [-0.1, -0.05) is 6.07 Å². The van der Waals surface area contributed by atoms with Gasteiger partial charge in [0.1, 0.15) is 6.54 Å². The van der Waals surface area contributed by atoms with Crippen molar-refractivity contribution in [3.63, 3.8) is 0 Å². The normalized spacial score (nSPS) is 17.0. The van der Waals surface area contributed by atoms with Crippen LogP contribution in [0.4, 0.5) is 24.5 Å². The van der Waals surface area contributed by atoms with Gasteiger partial charge in [-0.15, -0.1) is 0 Å². The topological polar surface area (TPSA) is 71.0 Å². The van der Waals surface area contributed by atoms with Gasteiger partial charge >= 0.3 is 6.18 Å². The van der Waals surface area contributed by atoms with Crippen LogP contribution in [0.25, 0.3) is 0 Å². The van der Waals surface area contributed by atoms with Crippen LogP contribution in [-0.4, -0.2) is 34.5 Å². The molecule has 1 aliphatic heterocycles. The van der Waals surface area contributed by atoms with Crippen LogP contribution in [0.2, 0.25) is 0 Å². The van der Waals surface area contributed by atoms with Crippen LogP contribution < -0.4 is 16.0 Å². The molecular weight excluding hydrogens is 335 g/mol. The number of nitrogens with one attached hydrogen (secondary N) is 3. The summed E-state index contributed by atoms with van der Waals surface area (Å²) in [6.07, 6.45) is -4.31. The number of carbonyl (C=O) groups is 1. The highest BCUT2D eigenvalue weighted by Gasteiger charge is 2.26. The van der Waals surface area contributed by atoms with E-state index < -0.39 is 18.6 Å². The van der Waals surface area contributed by atoms with Crippen LogP contribution in [0.15, 0.2) is 30.3 Å². The molecule has 1 unspecified atom stereocenters. The van der Waals surface area contributed by atoms with Gasteiger partial charge in [0, 0.05) is 24.0 Å². The van der Waals surface area contributed by atoms with E-state index in [2.05, 4.69) is 21.0 Å². The molecular formula is C16H18F3N5O. The zero-order chi connectivity index (χ0) is 18.0. The summed E-state index contributed by atoms with van der Waals surface area (Å²) in [5.74, 6) is -0.400. The molecule has 134 valence electrons. The molecule has 0 fully saturated rings. The number of carbonyl (C=O) groups excluding carboxylic acids is 1. The van der Waals surface area contributed by atoms with Crippen molar-refractivity contribution in [1.29, 1.82) is 0 Å². The lowest BCUT2D eigenvalue weighted by Crippen LogP contribution is -2.36. The van der Waals surface area contributed by atoms with Gasteiger partial charge in [-0.3, -0.25) is 9.48 Å². The summed E-state index contributed by atoms with van der Waals surface area (Å²) < 4.78 is 38.6. The van der Waals surface area contributed by atoms with E-state index in [1.165, 1.54) is 12.1 Å². The summed E-state index contributed by atoms with van der Waals surface area (Å²) >= 11 is 0. The highest BCUT2D eigenvalue weighted by atomic mass is 19.4. The van der Waals surface area contributed by atoms with Gasteiger partial charge in [0.2, 0.25) is 0 Å². The third-order valence-electron chi connectivity index (χ3n) is 3.79. The van der Waals surface area contributed by atoms with E-state index in [1.54, 1.807) is 22.9 Å². The van der Waals surface area contributed by atoms with Crippen molar-refractivity contribution in [2.75, 3.05) is 17.2 Å². The second kappa shape index (κ2) is 6.75. The fourth-order valence-electron chi connectivity index (χ4n) is 2.57. The smallest absolute Gasteiger partial charge is 0.376 e. The Morgan fingerprint density at radius 3 is 2.88 bits per heavy atom. The lowest BCUT2D eigenvalue weighted by Gasteiger charge is -2.21. The minimum Gasteiger partial charge on any atom is -0.376 e. The Balaban J connectivity index is 1.67. The lowest BCUT2D eigenvalue weighted by atomic mass is 10.2. The number of hydrogen-bond donors (Lipinski definition) is 3. The number of aromatic nitrogens is 2. The summed E-state index contributed by atoms with van der Waals surface area (Å²) in [4.78, 5) is 12.3. The second-order valence-corrected chi connectivity index (χ2v) is 5.99. The summed E-state index contributed by atoms with van der Waals surface area (Å²) in [5, 5.41) is 12.5. The highest BCUT2D eigenvalue weighted by molar-refractivity contribution is 6.03. The highest BCUT2D eigenvalue weighted by Crippen LogP contribution is 2.20.